The fourth-order valence-electron chi connectivity index (χ4n) is 3.05. The number of carbonyl (C=O) groups excluding carboxylic acids is 2. The molecule has 0 aromatic heterocycles. The number of carbonyl (C=O) groups is 2. The summed E-state index contributed by atoms with van der Waals surface area (Å²) >= 11 is 0. The Labute approximate surface area is 104 Å². The summed E-state index contributed by atoms with van der Waals surface area (Å²) in [4.78, 5) is 25.6. The van der Waals surface area contributed by atoms with E-state index in [-0.39, 0.29) is 23.7 Å². The van der Waals surface area contributed by atoms with Gasteiger partial charge in [-0.3, -0.25) is 14.5 Å². The molecule has 1 aliphatic carbocycles. The highest BCUT2D eigenvalue weighted by Crippen LogP contribution is 2.30. The Bertz CT molecular complexity index is 305. The Hall–Kier alpha value is -0.860. The second kappa shape index (κ2) is 5.19. The molecule has 3 heteroatoms. The smallest absolute Gasteiger partial charge is 0.233 e. The lowest BCUT2D eigenvalue weighted by atomic mass is 9.89. The van der Waals surface area contributed by atoms with E-state index in [1.54, 1.807) is 4.90 Å². The molecule has 3 nitrogen and oxygen atoms in total. The zero-order valence-corrected chi connectivity index (χ0v) is 10.9. The molecule has 2 aliphatic rings. The summed E-state index contributed by atoms with van der Waals surface area (Å²) < 4.78 is 0. The number of imide groups is 1. The van der Waals surface area contributed by atoms with Crippen molar-refractivity contribution in [1.82, 2.24) is 4.90 Å². The molecular weight excluding hydrogens is 214 g/mol. The van der Waals surface area contributed by atoms with Gasteiger partial charge in [-0.15, -0.1) is 0 Å². The normalized spacial score (nSPS) is 27.2. The summed E-state index contributed by atoms with van der Waals surface area (Å²) in [6, 6.07) is 0. The highest BCUT2D eigenvalue weighted by molar-refractivity contribution is 6.03. The molecule has 1 atom stereocenters. The SMILES string of the molecule is CC(C)C1CC(=O)N(CC2CCCCC2)C1=O. The highest BCUT2D eigenvalue weighted by atomic mass is 16.2. The summed E-state index contributed by atoms with van der Waals surface area (Å²) in [6.45, 7) is 4.74. The van der Waals surface area contributed by atoms with Crippen molar-refractivity contribution in [3.63, 3.8) is 0 Å². The van der Waals surface area contributed by atoms with E-state index < -0.39 is 0 Å². The van der Waals surface area contributed by atoms with Gasteiger partial charge in [0.05, 0.1) is 0 Å². The maximum Gasteiger partial charge on any atom is 0.233 e. The van der Waals surface area contributed by atoms with Gasteiger partial charge in [-0.1, -0.05) is 33.1 Å². The lowest BCUT2D eigenvalue weighted by Gasteiger charge is -2.26. The van der Waals surface area contributed by atoms with Crippen molar-refractivity contribution in [2.24, 2.45) is 17.8 Å². The third-order valence-corrected chi connectivity index (χ3v) is 4.25. The van der Waals surface area contributed by atoms with Gasteiger partial charge in [0.2, 0.25) is 11.8 Å². The first-order valence-corrected chi connectivity index (χ1v) is 6.93. The van der Waals surface area contributed by atoms with E-state index >= 15 is 0 Å². The van der Waals surface area contributed by atoms with E-state index in [9.17, 15) is 9.59 Å². The number of hydrogen-bond acceptors (Lipinski definition) is 2. The molecule has 0 radical (unpaired) electrons. The molecule has 2 fully saturated rings. The molecule has 1 aliphatic heterocycles. The average molecular weight is 237 g/mol. The van der Waals surface area contributed by atoms with Crippen molar-refractivity contribution in [3.8, 4) is 0 Å². The summed E-state index contributed by atoms with van der Waals surface area (Å²) in [6.07, 6.45) is 6.63. The third-order valence-electron chi connectivity index (χ3n) is 4.25. The van der Waals surface area contributed by atoms with Crippen LogP contribution < -0.4 is 0 Å². The van der Waals surface area contributed by atoms with E-state index in [1.165, 1.54) is 32.1 Å². The minimum absolute atomic E-state index is 0.0549. The minimum Gasteiger partial charge on any atom is -0.282 e. The standard InChI is InChI=1S/C14H23NO2/c1-10(2)12-8-13(16)15(14(12)17)9-11-6-4-3-5-7-11/h10-12H,3-9H2,1-2H3. The molecule has 0 aromatic carbocycles. The highest BCUT2D eigenvalue weighted by Gasteiger charge is 2.40. The Morgan fingerprint density at radius 1 is 1.18 bits per heavy atom. The van der Waals surface area contributed by atoms with Crippen LogP contribution >= 0.6 is 0 Å². The average Bonchev–Trinajstić information content (AvgIpc) is 2.58. The number of hydrogen-bond donors (Lipinski definition) is 0. The van der Waals surface area contributed by atoms with Gasteiger partial charge < -0.3 is 0 Å². The van der Waals surface area contributed by atoms with Gasteiger partial charge in [0.1, 0.15) is 0 Å². The van der Waals surface area contributed by atoms with Gasteiger partial charge >= 0.3 is 0 Å². The van der Waals surface area contributed by atoms with Gasteiger partial charge in [-0.25, -0.2) is 0 Å². The van der Waals surface area contributed by atoms with Crippen LogP contribution in [0, 0.1) is 17.8 Å². The fourth-order valence-corrected chi connectivity index (χ4v) is 3.05. The first kappa shape index (κ1) is 12.6. The molecule has 96 valence electrons. The molecule has 0 aromatic rings. The molecule has 2 amide bonds. The fraction of sp³-hybridized carbons (Fsp3) is 0.857. The van der Waals surface area contributed by atoms with Crippen LogP contribution in [0.1, 0.15) is 52.4 Å². The van der Waals surface area contributed by atoms with Crippen LogP contribution in [0.5, 0.6) is 0 Å². The molecule has 0 spiro atoms. The summed E-state index contributed by atoms with van der Waals surface area (Å²) in [7, 11) is 0. The summed E-state index contributed by atoms with van der Waals surface area (Å²) in [5.41, 5.74) is 0. The van der Waals surface area contributed by atoms with E-state index in [0.29, 0.717) is 18.9 Å². The van der Waals surface area contributed by atoms with E-state index in [2.05, 4.69) is 0 Å². The maximum atomic E-state index is 12.1. The quantitative estimate of drug-likeness (QED) is 0.707. The van der Waals surface area contributed by atoms with Gasteiger partial charge in [0, 0.05) is 18.9 Å². The van der Waals surface area contributed by atoms with E-state index in [0.717, 1.165) is 0 Å². The van der Waals surface area contributed by atoms with Crippen LogP contribution in [0.25, 0.3) is 0 Å². The first-order valence-electron chi connectivity index (χ1n) is 6.93. The topological polar surface area (TPSA) is 37.4 Å². The van der Waals surface area contributed by atoms with Crippen molar-refractivity contribution >= 4 is 11.8 Å². The van der Waals surface area contributed by atoms with E-state index in [4.69, 9.17) is 0 Å². The Morgan fingerprint density at radius 2 is 1.82 bits per heavy atom. The van der Waals surface area contributed by atoms with Gasteiger partial charge in [-0.05, 0) is 24.7 Å². The van der Waals surface area contributed by atoms with Crippen LogP contribution in [0.3, 0.4) is 0 Å². The lowest BCUT2D eigenvalue weighted by molar-refractivity contribution is -0.140. The molecule has 2 rings (SSSR count). The van der Waals surface area contributed by atoms with Gasteiger partial charge in [0.15, 0.2) is 0 Å². The van der Waals surface area contributed by atoms with Crippen LogP contribution in [-0.2, 0) is 9.59 Å². The van der Waals surface area contributed by atoms with Crippen LogP contribution in [0.4, 0.5) is 0 Å². The zero-order valence-electron chi connectivity index (χ0n) is 10.9. The third kappa shape index (κ3) is 2.70. The number of likely N-dealkylation sites (tertiary alicyclic amines) is 1. The van der Waals surface area contributed by atoms with E-state index in [1.807, 2.05) is 13.8 Å². The second-order valence-electron chi connectivity index (χ2n) is 5.90. The zero-order chi connectivity index (χ0) is 12.4. The lowest BCUT2D eigenvalue weighted by Crippen LogP contribution is -2.36. The molecular formula is C14H23NO2. The van der Waals surface area contributed by atoms with Gasteiger partial charge in [-0.2, -0.15) is 0 Å². The predicted octanol–water partition coefficient (Wildman–Crippen LogP) is 2.60. The van der Waals surface area contributed by atoms with Crippen molar-refractivity contribution in [1.29, 1.82) is 0 Å². The van der Waals surface area contributed by atoms with Crippen molar-refractivity contribution in [2.45, 2.75) is 52.4 Å². The molecule has 1 unspecified atom stereocenters. The van der Waals surface area contributed by atoms with Crippen LogP contribution in [0.2, 0.25) is 0 Å². The molecule has 1 saturated heterocycles. The van der Waals surface area contributed by atoms with Crippen LogP contribution in [-0.4, -0.2) is 23.3 Å². The number of rotatable bonds is 3. The Morgan fingerprint density at radius 3 is 2.35 bits per heavy atom. The molecule has 0 N–H and O–H groups in total. The van der Waals surface area contributed by atoms with Crippen molar-refractivity contribution in [2.75, 3.05) is 6.54 Å². The Balaban J connectivity index is 1.96. The minimum atomic E-state index is -0.0638. The number of nitrogens with zero attached hydrogens (tertiary/aromatic N) is 1. The number of amides is 2. The second-order valence-corrected chi connectivity index (χ2v) is 5.90. The molecule has 1 heterocycles. The summed E-state index contributed by atoms with van der Waals surface area (Å²) in [5.74, 6) is 0.909. The van der Waals surface area contributed by atoms with Crippen molar-refractivity contribution < 1.29 is 9.59 Å². The Kier molecular flexibility index (Phi) is 3.85. The summed E-state index contributed by atoms with van der Waals surface area (Å²) in [5, 5.41) is 0. The maximum absolute atomic E-state index is 12.1. The van der Waals surface area contributed by atoms with Gasteiger partial charge in [0.25, 0.3) is 0 Å². The predicted molar refractivity (Wildman–Crippen MR) is 66.2 cm³/mol. The largest absolute Gasteiger partial charge is 0.282 e. The van der Waals surface area contributed by atoms with Crippen LogP contribution in [0.15, 0.2) is 0 Å². The first-order chi connectivity index (χ1) is 8.09. The molecule has 1 saturated carbocycles. The molecule has 0 bridgehead atoms. The molecule has 17 heavy (non-hydrogen) atoms. The monoisotopic (exact) mass is 237 g/mol. The van der Waals surface area contributed by atoms with Crippen molar-refractivity contribution in [3.05, 3.63) is 0 Å².